The first kappa shape index (κ1) is 14.8. The highest BCUT2D eigenvalue weighted by atomic mass is 32.2. The van der Waals surface area contributed by atoms with E-state index in [0.29, 0.717) is 4.90 Å². The maximum absolute atomic E-state index is 12.6. The zero-order valence-electron chi connectivity index (χ0n) is 12.3. The lowest BCUT2D eigenvalue weighted by Crippen LogP contribution is -2.51. The van der Waals surface area contributed by atoms with Gasteiger partial charge in [0.05, 0.1) is 10.6 Å². The van der Waals surface area contributed by atoms with Crippen molar-refractivity contribution in [1.82, 2.24) is 0 Å². The van der Waals surface area contributed by atoms with Gasteiger partial charge < -0.3 is 0 Å². The average Bonchev–Trinajstić information content (AvgIpc) is 2.46. The minimum absolute atomic E-state index is 0.0312. The Morgan fingerprint density at radius 3 is 2.71 bits per heavy atom. The Labute approximate surface area is 125 Å². The highest BCUT2D eigenvalue weighted by Gasteiger charge is 2.47. The molecule has 4 nitrogen and oxygen atoms in total. The van der Waals surface area contributed by atoms with Crippen LogP contribution in [0.25, 0.3) is 0 Å². The van der Waals surface area contributed by atoms with E-state index in [1.54, 1.807) is 30.3 Å². The summed E-state index contributed by atoms with van der Waals surface area (Å²) in [6, 6.07) is 8.51. The van der Waals surface area contributed by atoms with Gasteiger partial charge in [0.25, 0.3) is 0 Å². The quantitative estimate of drug-likeness (QED) is 0.636. The van der Waals surface area contributed by atoms with E-state index in [4.69, 9.17) is 9.78 Å². The van der Waals surface area contributed by atoms with Crippen molar-refractivity contribution in [3.8, 4) is 0 Å². The second-order valence-electron chi connectivity index (χ2n) is 6.17. The largest absolute Gasteiger partial charge is 0.228 e. The maximum Gasteiger partial charge on any atom is 0.181 e. The normalized spacial score (nSPS) is 32.6. The monoisotopic (exact) mass is 308 g/mol. The van der Waals surface area contributed by atoms with Crippen LogP contribution in [0.4, 0.5) is 0 Å². The molecule has 0 N–H and O–H groups in total. The molecular formula is C16H20O4S. The van der Waals surface area contributed by atoms with Crippen LogP contribution in [0.15, 0.2) is 46.9 Å². The SMILES string of the molecule is CC1=CCC2CC1OO[C@@]2(C)CS(=O)(=O)c1ccccc1. The van der Waals surface area contributed by atoms with Crippen molar-refractivity contribution in [1.29, 1.82) is 0 Å². The van der Waals surface area contributed by atoms with Crippen LogP contribution >= 0.6 is 0 Å². The Morgan fingerprint density at radius 2 is 2.00 bits per heavy atom. The van der Waals surface area contributed by atoms with Crippen molar-refractivity contribution in [3.63, 3.8) is 0 Å². The van der Waals surface area contributed by atoms with Gasteiger partial charge in [-0.3, -0.25) is 0 Å². The van der Waals surface area contributed by atoms with E-state index in [0.717, 1.165) is 12.8 Å². The predicted octanol–water partition coefficient (Wildman–Crippen LogP) is 2.91. The number of fused-ring (bicyclic) bond motifs is 2. The van der Waals surface area contributed by atoms with E-state index >= 15 is 0 Å². The molecule has 1 aromatic rings. The van der Waals surface area contributed by atoms with Gasteiger partial charge in [0.1, 0.15) is 11.7 Å². The third-order valence-electron chi connectivity index (χ3n) is 4.53. The van der Waals surface area contributed by atoms with Gasteiger partial charge >= 0.3 is 0 Å². The number of hydrogen-bond acceptors (Lipinski definition) is 4. The molecule has 1 aliphatic carbocycles. The fourth-order valence-electron chi connectivity index (χ4n) is 3.08. The van der Waals surface area contributed by atoms with E-state index in [1.165, 1.54) is 5.57 Å². The molecule has 0 saturated carbocycles. The zero-order valence-corrected chi connectivity index (χ0v) is 13.1. The number of allylic oxidation sites excluding steroid dienone is 1. The van der Waals surface area contributed by atoms with Gasteiger partial charge in [-0.2, -0.15) is 0 Å². The van der Waals surface area contributed by atoms with Crippen molar-refractivity contribution >= 4 is 9.84 Å². The van der Waals surface area contributed by atoms with Crippen LogP contribution in [0.1, 0.15) is 26.7 Å². The molecule has 0 aromatic heterocycles. The van der Waals surface area contributed by atoms with Crippen LogP contribution in [0.3, 0.4) is 0 Å². The van der Waals surface area contributed by atoms with E-state index in [2.05, 4.69) is 6.08 Å². The second-order valence-corrected chi connectivity index (χ2v) is 8.16. The Morgan fingerprint density at radius 1 is 1.29 bits per heavy atom. The summed E-state index contributed by atoms with van der Waals surface area (Å²) in [6.45, 7) is 3.86. The average molecular weight is 308 g/mol. The van der Waals surface area contributed by atoms with Gasteiger partial charge in [-0.1, -0.05) is 24.3 Å². The molecule has 1 heterocycles. The van der Waals surface area contributed by atoms with Crippen molar-refractivity contribution in [2.24, 2.45) is 5.92 Å². The molecule has 1 aliphatic heterocycles. The molecule has 2 unspecified atom stereocenters. The van der Waals surface area contributed by atoms with Gasteiger partial charge in [0, 0.05) is 0 Å². The summed E-state index contributed by atoms with van der Waals surface area (Å²) in [4.78, 5) is 11.3. The molecule has 2 aliphatic rings. The minimum atomic E-state index is -3.39. The van der Waals surface area contributed by atoms with E-state index < -0.39 is 15.4 Å². The van der Waals surface area contributed by atoms with Crippen molar-refractivity contribution in [2.75, 3.05) is 5.75 Å². The van der Waals surface area contributed by atoms with Crippen molar-refractivity contribution < 1.29 is 18.2 Å². The van der Waals surface area contributed by atoms with Crippen LogP contribution in [-0.2, 0) is 19.6 Å². The molecule has 1 aromatic carbocycles. The fraction of sp³-hybridized carbons (Fsp3) is 0.500. The van der Waals surface area contributed by atoms with Gasteiger partial charge in [-0.15, -0.1) is 0 Å². The smallest absolute Gasteiger partial charge is 0.181 e. The van der Waals surface area contributed by atoms with Gasteiger partial charge in [-0.25, -0.2) is 18.2 Å². The third-order valence-corrected chi connectivity index (χ3v) is 6.47. The zero-order chi connectivity index (χ0) is 15.1. The Hall–Kier alpha value is -1.17. The van der Waals surface area contributed by atoms with Crippen LogP contribution in [0, 0.1) is 5.92 Å². The summed E-state index contributed by atoms with van der Waals surface area (Å²) in [5.74, 6) is 0.104. The Balaban J connectivity index is 1.84. The van der Waals surface area contributed by atoms with Gasteiger partial charge in [-0.05, 0) is 50.3 Å². The summed E-state index contributed by atoms with van der Waals surface area (Å²) in [7, 11) is -3.39. The fourth-order valence-corrected chi connectivity index (χ4v) is 4.86. The number of benzene rings is 1. The molecule has 0 spiro atoms. The molecule has 1 saturated heterocycles. The summed E-state index contributed by atoms with van der Waals surface area (Å²) >= 11 is 0. The molecule has 1 fully saturated rings. The molecule has 114 valence electrons. The highest BCUT2D eigenvalue weighted by Crippen LogP contribution is 2.42. The minimum Gasteiger partial charge on any atom is -0.228 e. The molecule has 2 bridgehead atoms. The van der Waals surface area contributed by atoms with E-state index in [9.17, 15) is 8.42 Å². The molecule has 5 heteroatoms. The van der Waals surface area contributed by atoms with Crippen molar-refractivity contribution in [2.45, 2.75) is 43.3 Å². The molecule has 3 rings (SSSR count). The molecule has 3 atom stereocenters. The number of sulfone groups is 1. The molecule has 21 heavy (non-hydrogen) atoms. The summed E-state index contributed by atoms with van der Waals surface area (Å²) in [6.07, 6.45) is 3.76. The van der Waals surface area contributed by atoms with Crippen LogP contribution in [0.2, 0.25) is 0 Å². The van der Waals surface area contributed by atoms with Gasteiger partial charge in [0.2, 0.25) is 0 Å². The van der Waals surface area contributed by atoms with Crippen LogP contribution < -0.4 is 0 Å². The lowest BCUT2D eigenvalue weighted by molar-refractivity contribution is -0.409. The lowest BCUT2D eigenvalue weighted by atomic mass is 9.77. The van der Waals surface area contributed by atoms with Crippen LogP contribution in [-0.4, -0.2) is 25.9 Å². The third kappa shape index (κ3) is 2.78. The lowest BCUT2D eigenvalue weighted by Gasteiger charge is -2.44. The first-order chi connectivity index (χ1) is 9.91. The predicted molar refractivity (Wildman–Crippen MR) is 79.3 cm³/mol. The van der Waals surface area contributed by atoms with Crippen LogP contribution in [0.5, 0.6) is 0 Å². The number of hydrogen-bond donors (Lipinski definition) is 0. The molecule has 0 amide bonds. The highest BCUT2D eigenvalue weighted by molar-refractivity contribution is 7.91. The van der Waals surface area contributed by atoms with Gasteiger partial charge in [0.15, 0.2) is 9.84 Å². The van der Waals surface area contributed by atoms with E-state index in [1.807, 2.05) is 13.8 Å². The summed E-state index contributed by atoms with van der Waals surface area (Å²) in [5, 5.41) is 0. The molecule has 0 radical (unpaired) electrons. The first-order valence-corrected chi connectivity index (χ1v) is 8.85. The standard InChI is InChI=1S/C16H20O4S/c1-12-8-9-13-10-15(12)19-20-16(13,2)11-21(17,18)14-6-4-3-5-7-14/h3-8,13,15H,9-11H2,1-2H3/t13?,15?,16-/m0/s1. The van der Waals surface area contributed by atoms with Crippen molar-refractivity contribution in [3.05, 3.63) is 42.0 Å². The number of rotatable bonds is 3. The maximum atomic E-state index is 12.6. The topological polar surface area (TPSA) is 52.6 Å². The Bertz CT molecular complexity index is 650. The Kier molecular flexibility index (Phi) is 3.67. The molecular weight excluding hydrogens is 288 g/mol. The summed E-state index contributed by atoms with van der Waals surface area (Å²) in [5.41, 5.74) is 0.363. The second kappa shape index (κ2) is 5.23. The van der Waals surface area contributed by atoms with E-state index in [-0.39, 0.29) is 17.8 Å². The first-order valence-electron chi connectivity index (χ1n) is 7.20. The summed E-state index contributed by atoms with van der Waals surface area (Å²) < 4.78 is 25.2.